The molecule has 12 nitrogen and oxygen atoms in total. The molecule has 272 valence electrons. The molecule has 2 aliphatic heterocycles. The highest BCUT2D eigenvalue weighted by Crippen LogP contribution is 2.39. The first-order chi connectivity index (χ1) is 24.6. The molecule has 1 atom stereocenters. The molecular weight excluding hydrogens is 723 g/mol. The molecule has 0 unspecified atom stereocenters. The molecule has 2 aromatic heterocycles. The largest absolute Gasteiger partial charge is 0.465 e. The first-order valence-corrected chi connectivity index (χ1v) is 17.9. The minimum absolute atomic E-state index is 0. The maximum atomic E-state index is 13.4. The van der Waals surface area contributed by atoms with Crippen LogP contribution in [0.3, 0.4) is 0 Å². The van der Waals surface area contributed by atoms with Gasteiger partial charge in [0.2, 0.25) is 11.8 Å². The number of benzene rings is 2. The number of aliphatic imine (C=N–C) groups is 1. The average molecular weight is 764 g/mol. The summed E-state index contributed by atoms with van der Waals surface area (Å²) in [6.45, 7) is 8.71. The molecule has 4 aromatic rings. The number of nitrogens with zero attached hydrogens (tertiary/aromatic N) is 6. The lowest BCUT2D eigenvalue weighted by Gasteiger charge is -2.36. The summed E-state index contributed by atoms with van der Waals surface area (Å²) in [7, 11) is 1.33. The lowest BCUT2D eigenvalue weighted by atomic mass is 9.99. The minimum atomic E-state index is -0.594. The number of nitrogens with one attached hydrogen (secondary N) is 1. The fourth-order valence-corrected chi connectivity index (χ4v) is 7.67. The number of amides is 2. The van der Waals surface area contributed by atoms with Crippen LogP contribution in [0.5, 0.6) is 0 Å². The second-order valence-electron chi connectivity index (χ2n) is 12.3. The van der Waals surface area contributed by atoms with Crippen molar-refractivity contribution in [2.24, 2.45) is 10.7 Å². The van der Waals surface area contributed by atoms with Crippen molar-refractivity contribution in [3.05, 3.63) is 91.8 Å². The average Bonchev–Trinajstić information content (AvgIpc) is 3.62. The van der Waals surface area contributed by atoms with Crippen molar-refractivity contribution >= 4 is 64.5 Å². The maximum Gasteiger partial charge on any atom is 0.339 e. The van der Waals surface area contributed by atoms with Gasteiger partial charge in [-0.05, 0) is 56.7 Å². The monoisotopic (exact) mass is 762 g/mol. The van der Waals surface area contributed by atoms with Crippen LogP contribution in [-0.2, 0) is 14.3 Å². The van der Waals surface area contributed by atoms with E-state index in [9.17, 15) is 14.4 Å². The Morgan fingerprint density at radius 3 is 2.48 bits per heavy atom. The van der Waals surface area contributed by atoms with Crippen LogP contribution < -0.4 is 16.0 Å². The number of esters is 1. The van der Waals surface area contributed by atoms with Crippen molar-refractivity contribution in [2.45, 2.75) is 39.7 Å². The first kappa shape index (κ1) is 38.5. The normalized spacial score (nSPS) is 14.9. The van der Waals surface area contributed by atoms with Crippen LogP contribution in [0.4, 0.5) is 5.69 Å². The second kappa shape index (κ2) is 16.7. The number of aromatic nitrogens is 3. The highest BCUT2D eigenvalue weighted by molar-refractivity contribution is 7.15. The SMILES string of the molecule is COC(=O)c1ccc(N2CCN(C(=O)CCNC(=O)C[C@@H]3N=C(c4ccc(Cl)cc4)c4c(sc(C)c4C)-n4c(C)nnc43)CC2)cc1C#CCN.Cl. The number of methoxy groups -OCH3 is 1. The number of rotatable bonds is 8. The number of thiophene rings is 1. The Balaban J connectivity index is 0.00000523. The Morgan fingerprint density at radius 2 is 1.79 bits per heavy atom. The Kier molecular flexibility index (Phi) is 12.4. The number of anilines is 1. The van der Waals surface area contributed by atoms with E-state index in [1.54, 1.807) is 17.4 Å². The molecule has 3 N–H and O–H groups in total. The third-order valence-corrected chi connectivity index (χ3v) is 10.6. The Hall–Kier alpha value is -4.74. The first-order valence-electron chi connectivity index (χ1n) is 16.7. The molecule has 2 amide bonds. The molecule has 2 aromatic carbocycles. The summed E-state index contributed by atoms with van der Waals surface area (Å²) in [5.41, 5.74) is 11.2. The summed E-state index contributed by atoms with van der Waals surface area (Å²) in [5, 5.41) is 13.4. The summed E-state index contributed by atoms with van der Waals surface area (Å²) in [5.74, 6) is 6.35. The third kappa shape index (κ3) is 8.00. The van der Waals surface area contributed by atoms with Gasteiger partial charge in [0.1, 0.15) is 16.9 Å². The molecule has 0 radical (unpaired) electrons. The smallest absolute Gasteiger partial charge is 0.339 e. The van der Waals surface area contributed by atoms with Crippen LogP contribution in [0.1, 0.15) is 68.0 Å². The topological polar surface area (TPSA) is 148 Å². The van der Waals surface area contributed by atoms with Crippen LogP contribution in [0.15, 0.2) is 47.5 Å². The van der Waals surface area contributed by atoms with E-state index in [-0.39, 0.29) is 50.2 Å². The number of aryl methyl sites for hydroxylation is 2. The highest BCUT2D eigenvalue weighted by Gasteiger charge is 2.32. The number of piperazine rings is 1. The van der Waals surface area contributed by atoms with E-state index >= 15 is 0 Å². The molecule has 4 heterocycles. The molecule has 0 bridgehead atoms. The van der Waals surface area contributed by atoms with Crippen LogP contribution in [-0.4, -0.2) is 89.5 Å². The zero-order valence-electron chi connectivity index (χ0n) is 29.4. The predicted molar refractivity (Wildman–Crippen MR) is 205 cm³/mol. The van der Waals surface area contributed by atoms with Gasteiger partial charge in [-0.1, -0.05) is 35.6 Å². The molecule has 0 saturated carbocycles. The van der Waals surface area contributed by atoms with E-state index in [0.29, 0.717) is 48.2 Å². The number of fused-ring (bicyclic) bond motifs is 3. The van der Waals surface area contributed by atoms with Crippen molar-refractivity contribution in [2.75, 3.05) is 51.3 Å². The third-order valence-electron chi connectivity index (χ3n) is 9.13. The molecule has 2 aliphatic rings. The van der Waals surface area contributed by atoms with E-state index < -0.39 is 12.0 Å². The van der Waals surface area contributed by atoms with Crippen molar-refractivity contribution in [1.29, 1.82) is 0 Å². The van der Waals surface area contributed by atoms with Crippen LogP contribution in [0, 0.1) is 32.6 Å². The Bertz CT molecular complexity index is 2070. The van der Waals surface area contributed by atoms with Gasteiger partial charge >= 0.3 is 5.97 Å². The summed E-state index contributed by atoms with van der Waals surface area (Å²) in [6, 6.07) is 12.4. The minimum Gasteiger partial charge on any atom is -0.465 e. The maximum absolute atomic E-state index is 13.4. The molecule has 52 heavy (non-hydrogen) atoms. The van der Waals surface area contributed by atoms with Gasteiger partial charge in [-0.3, -0.25) is 19.1 Å². The summed E-state index contributed by atoms with van der Waals surface area (Å²) >= 11 is 7.87. The van der Waals surface area contributed by atoms with Crippen molar-refractivity contribution in [1.82, 2.24) is 25.0 Å². The molecule has 6 rings (SSSR count). The van der Waals surface area contributed by atoms with Gasteiger partial charge in [0, 0.05) is 71.4 Å². The van der Waals surface area contributed by atoms with E-state index in [1.807, 2.05) is 52.8 Å². The van der Waals surface area contributed by atoms with Crippen molar-refractivity contribution in [3.8, 4) is 16.8 Å². The predicted octanol–water partition coefficient (Wildman–Crippen LogP) is 4.56. The lowest BCUT2D eigenvalue weighted by Crippen LogP contribution is -2.49. The number of halogens is 2. The van der Waals surface area contributed by atoms with Gasteiger partial charge < -0.3 is 25.6 Å². The quantitative estimate of drug-likeness (QED) is 0.196. The summed E-state index contributed by atoms with van der Waals surface area (Å²) in [4.78, 5) is 49.0. The molecular formula is C37H40Cl2N8O4S. The summed E-state index contributed by atoms with van der Waals surface area (Å²) < 4.78 is 6.90. The zero-order chi connectivity index (χ0) is 36.2. The van der Waals surface area contributed by atoms with Crippen LogP contribution in [0.2, 0.25) is 5.02 Å². The van der Waals surface area contributed by atoms with E-state index in [1.165, 1.54) is 12.0 Å². The second-order valence-corrected chi connectivity index (χ2v) is 13.9. The van der Waals surface area contributed by atoms with E-state index in [4.69, 9.17) is 27.1 Å². The van der Waals surface area contributed by atoms with Gasteiger partial charge in [0.25, 0.3) is 0 Å². The molecule has 1 fully saturated rings. The van der Waals surface area contributed by atoms with Gasteiger partial charge in [0.05, 0.1) is 31.4 Å². The fourth-order valence-electron chi connectivity index (χ4n) is 6.33. The number of carbonyl (C=O) groups is 3. The Labute approximate surface area is 317 Å². The number of hydrogen-bond acceptors (Lipinski definition) is 10. The lowest BCUT2D eigenvalue weighted by molar-refractivity contribution is -0.131. The Morgan fingerprint density at radius 1 is 1.06 bits per heavy atom. The highest BCUT2D eigenvalue weighted by atomic mass is 35.5. The van der Waals surface area contributed by atoms with E-state index in [0.717, 1.165) is 38.9 Å². The number of hydrogen-bond donors (Lipinski definition) is 2. The standard InChI is InChI=1S/C37H39ClN8O4S.ClH/c1-22-23(2)51-36-33(22)34(25-7-9-27(38)10-8-25)41-30(35-43-42-24(3)46(35)36)21-31(47)40-15-13-32(48)45-18-16-44(17-19-45)28-11-12-29(37(49)50-4)26(20-28)6-5-14-39;/h7-12,20,30H,13-19,21,39H2,1-4H3,(H,40,47);1H/t30-;/m0./s1. The van der Waals surface area contributed by atoms with Gasteiger partial charge in [-0.15, -0.1) is 33.9 Å². The summed E-state index contributed by atoms with van der Waals surface area (Å²) in [6.07, 6.45) is 0.217. The van der Waals surface area contributed by atoms with E-state index in [2.05, 4.69) is 46.1 Å². The fraction of sp³-hybridized carbons (Fsp3) is 0.351. The van der Waals surface area contributed by atoms with Crippen LogP contribution in [0.25, 0.3) is 5.00 Å². The van der Waals surface area contributed by atoms with Crippen molar-refractivity contribution in [3.63, 3.8) is 0 Å². The zero-order valence-corrected chi connectivity index (χ0v) is 31.8. The van der Waals surface area contributed by atoms with Gasteiger partial charge in [0.15, 0.2) is 5.82 Å². The molecule has 0 spiro atoms. The molecule has 0 aliphatic carbocycles. The van der Waals surface area contributed by atoms with Gasteiger partial charge in [-0.2, -0.15) is 0 Å². The van der Waals surface area contributed by atoms with Crippen molar-refractivity contribution < 1.29 is 19.1 Å². The van der Waals surface area contributed by atoms with Crippen LogP contribution >= 0.6 is 35.3 Å². The number of ether oxygens (including phenoxy) is 1. The molecule has 1 saturated heterocycles. The number of nitrogens with two attached hydrogens (primary N) is 1. The number of carbonyl (C=O) groups excluding carboxylic acids is 3. The molecule has 15 heteroatoms. The van der Waals surface area contributed by atoms with Gasteiger partial charge in [-0.25, -0.2) is 4.79 Å².